The molecule has 0 unspecified atom stereocenters. The van der Waals surface area contributed by atoms with E-state index in [0.717, 1.165) is 27.5 Å². The van der Waals surface area contributed by atoms with Crippen LogP contribution < -0.4 is 26.6 Å². The van der Waals surface area contributed by atoms with Gasteiger partial charge in [-0.05, 0) is 80.8 Å². The van der Waals surface area contributed by atoms with E-state index in [1.54, 1.807) is 39.2 Å². The van der Waals surface area contributed by atoms with Crippen LogP contribution in [0.15, 0.2) is 122 Å². The number of nitrogens with one attached hydrogen (secondary N) is 3. The normalized spacial score (nSPS) is 10.4. The second-order valence-corrected chi connectivity index (χ2v) is 16.0. The molecular formula is C47H53ClN7O9S2+. The summed E-state index contributed by atoms with van der Waals surface area (Å²) < 4.78 is 18.4. The summed E-state index contributed by atoms with van der Waals surface area (Å²) in [4.78, 5) is 84.1. The molecule has 348 valence electrons. The summed E-state index contributed by atoms with van der Waals surface area (Å²) in [5, 5.41) is 5.10. The highest BCUT2D eigenvalue weighted by Crippen LogP contribution is 2.25. The van der Waals surface area contributed by atoms with Crippen molar-refractivity contribution in [1.82, 2.24) is 24.5 Å². The zero-order valence-electron chi connectivity index (χ0n) is 37.6. The number of esters is 3. The standard InChI is InChI=1S/C22H22ClN3O3.C16H18N2O3S.C9H12N2O3S/c1-3-29-20(27)12-17-14-26(13-16-8-5-4-6-9-16)22(25-21(17)28)24-19-11-7-10-18(23)15(19)2;1-3-21-14(19)9-13-11-18(16(22-2)17-15(13)20)10-12-7-5-4-6-8-12;1-3-14-7(12)4-6-5-10-9(15-2)11-8(6)13/h4-11,14H,3,12-13H2,1-2H3,(H,24,25,28);4-8,11H,3,9-10H2,1-2H3;5H,3-4H2,1-2H3,(H,10,11,13)/p+1. The van der Waals surface area contributed by atoms with Crippen LogP contribution in [0.5, 0.6) is 0 Å². The second kappa shape index (κ2) is 27.1. The summed E-state index contributed by atoms with van der Waals surface area (Å²) in [6.45, 7) is 9.07. The van der Waals surface area contributed by atoms with E-state index in [1.165, 1.54) is 29.7 Å². The summed E-state index contributed by atoms with van der Waals surface area (Å²) in [5.74, 6) is -0.890. The second-order valence-electron chi connectivity index (χ2n) is 14.0. The molecule has 6 aromatic rings. The van der Waals surface area contributed by atoms with Gasteiger partial charge >= 0.3 is 28.6 Å². The van der Waals surface area contributed by atoms with Crippen molar-refractivity contribution in [2.24, 2.45) is 0 Å². The van der Waals surface area contributed by atoms with Crippen molar-refractivity contribution in [3.63, 3.8) is 0 Å². The van der Waals surface area contributed by atoms with Crippen LogP contribution in [0.4, 0.5) is 11.6 Å². The maximum atomic E-state index is 12.5. The molecule has 0 saturated heterocycles. The van der Waals surface area contributed by atoms with Gasteiger partial charge in [0.1, 0.15) is 12.7 Å². The average Bonchev–Trinajstić information content (AvgIpc) is 3.30. The van der Waals surface area contributed by atoms with E-state index in [-0.39, 0.29) is 42.6 Å². The first-order chi connectivity index (χ1) is 31.8. The van der Waals surface area contributed by atoms with Gasteiger partial charge in [0, 0.05) is 34.2 Å². The highest BCUT2D eigenvalue weighted by molar-refractivity contribution is 7.98. The number of rotatable bonds is 17. The molecule has 0 saturated carbocycles. The summed E-state index contributed by atoms with van der Waals surface area (Å²) in [7, 11) is 0. The van der Waals surface area contributed by atoms with E-state index in [2.05, 4.69) is 25.3 Å². The predicted molar refractivity (Wildman–Crippen MR) is 256 cm³/mol. The van der Waals surface area contributed by atoms with Gasteiger partial charge in [0.05, 0.1) is 51.2 Å². The molecule has 3 heterocycles. The van der Waals surface area contributed by atoms with Gasteiger partial charge in [-0.2, -0.15) is 4.98 Å². The lowest BCUT2D eigenvalue weighted by Gasteiger charge is -2.17. The number of thioether (sulfide) groups is 2. The number of aromatic amines is 2. The molecule has 0 atom stereocenters. The van der Waals surface area contributed by atoms with Crippen LogP contribution >= 0.6 is 35.1 Å². The number of halogens is 1. The molecular weight excluding hydrogens is 906 g/mol. The summed E-state index contributed by atoms with van der Waals surface area (Å²) >= 11 is 9.01. The Morgan fingerprint density at radius 3 is 1.85 bits per heavy atom. The van der Waals surface area contributed by atoms with Crippen LogP contribution in [-0.4, -0.2) is 74.7 Å². The Morgan fingerprint density at radius 1 is 0.727 bits per heavy atom. The SMILES string of the molecule is CCOC(=O)Cc1c[n+](Cc2ccccc2)c(SC)[nH]c1=O.CCOC(=O)Cc1cn(Cc2ccccc2)c(Nc2cccc(Cl)c2C)nc1=O.CCOC(=O)Cc1cnc(SC)[nH]c1=O. The number of H-pyrrole nitrogens is 2. The molecule has 0 spiro atoms. The number of carbonyl (C=O) groups excluding carboxylic acids is 3. The zero-order valence-corrected chi connectivity index (χ0v) is 39.9. The number of nitrogens with zero attached hydrogens (tertiary/aromatic N) is 4. The number of carbonyl (C=O) groups is 3. The highest BCUT2D eigenvalue weighted by Gasteiger charge is 2.18. The molecule has 3 aromatic heterocycles. The summed E-state index contributed by atoms with van der Waals surface area (Å²) in [6, 6.07) is 25.2. The predicted octanol–water partition coefficient (Wildman–Crippen LogP) is 6.24. The molecule has 0 amide bonds. The Kier molecular flexibility index (Phi) is 21.4. The fourth-order valence-electron chi connectivity index (χ4n) is 6.01. The van der Waals surface area contributed by atoms with E-state index in [9.17, 15) is 28.8 Å². The fraction of sp³-hybridized carbons (Fsp3) is 0.298. The molecule has 66 heavy (non-hydrogen) atoms. The minimum atomic E-state index is -0.468. The smallest absolute Gasteiger partial charge is 0.339 e. The lowest BCUT2D eigenvalue weighted by Crippen LogP contribution is -2.41. The molecule has 0 aliphatic rings. The van der Waals surface area contributed by atoms with Crippen molar-refractivity contribution >= 4 is 64.7 Å². The van der Waals surface area contributed by atoms with Gasteiger partial charge < -0.3 is 29.1 Å². The van der Waals surface area contributed by atoms with Gasteiger partial charge in [-0.1, -0.05) is 90.1 Å². The molecule has 3 aromatic carbocycles. The van der Waals surface area contributed by atoms with Crippen molar-refractivity contribution < 1.29 is 33.2 Å². The summed E-state index contributed by atoms with van der Waals surface area (Å²) in [6.07, 6.45) is 8.32. The van der Waals surface area contributed by atoms with Crippen LogP contribution in [0.25, 0.3) is 0 Å². The van der Waals surface area contributed by atoms with Gasteiger partial charge in [-0.15, -0.1) is 0 Å². The lowest BCUT2D eigenvalue weighted by molar-refractivity contribution is -0.729. The third-order valence-corrected chi connectivity index (χ3v) is 10.9. The molecule has 0 radical (unpaired) electrons. The van der Waals surface area contributed by atoms with Crippen LogP contribution in [-0.2, 0) is 60.9 Å². The molecule has 6 rings (SSSR count). The Hall–Kier alpha value is -6.50. The van der Waals surface area contributed by atoms with Gasteiger partial charge in [0.25, 0.3) is 11.1 Å². The van der Waals surface area contributed by atoms with Crippen molar-refractivity contribution in [3.05, 3.63) is 167 Å². The molecule has 19 heteroatoms. The van der Waals surface area contributed by atoms with Crippen LogP contribution in [0.1, 0.15) is 54.2 Å². The van der Waals surface area contributed by atoms with E-state index in [0.29, 0.717) is 53.6 Å². The van der Waals surface area contributed by atoms with Gasteiger partial charge in [-0.3, -0.25) is 24.0 Å². The lowest BCUT2D eigenvalue weighted by atomic mass is 10.2. The number of hydrogen-bond acceptors (Lipinski definition) is 14. The Morgan fingerprint density at radius 2 is 1.29 bits per heavy atom. The zero-order chi connectivity index (χ0) is 48.0. The average molecular weight is 960 g/mol. The first-order valence-electron chi connectivity index (χ1n) is 20.8. The van der Waals surface area contributed by atoms with E-state index in [4.69, 9.17) is 25.8 Å². The highest BCUT2D eigenvalue weighted by atomic mass is 35.5. The van der Waals surface area contributed by atoms with Crippen LogP contribution in [0.3, 0.4) is 0 Å². The molecule has 0 bridgehead atoms. The van der Waals surface area contributed by atoms with Crippen LogP contribution in [0.2, 0.25) is 5.02 Å². The fourth-order valence-corrected chi connectivity index (χ4v) is 7.08. The largest absolute Gasteiger partial charge is 0.466 e. The number of benzene rings is 3. The number of aromatic nitrogens is 6. The minimum Gasteiger partial charge on any atom is -0.466 e. The van der Waals surface area contributed by atoms with E-state index >= 15 is 0 Å². The maximum Gasteiger partial charge on any atom is 0.339 e. The van der Waals surface area contributed by atoms with E-state index in [1.807, 2.05) is 101 Å². The molecule has 3 N–H and O–H groups in total. The minimum absolute atomic E-state index is 0.0212. The first-order valence-corrected chi connectivity index (χ1v) is 23.6. The quantitative estimate of drug-likeness (QED) is 0.0304. The third kappa shape index (κ3) is 16.5. The van der Waals surface area contributed by atoms with Crippen LogP contribution in [0, 0.1) is 6.92 Å². The van der Waals surface area contributed by atoms with Crippen molar-refractivity contribution in [3.8, 4) is 0 Å². The Balaban J connectivity index is 0.000000228. The monoisotopic (exact) mass is 958 g/mol. The number of hydrogen-bond donors (Lipinski definition) is 3. The molecule has 0 fully saturated rings. The topological polar surface area (TPSA) is 208 Å². The molecule has 0 aliphatic carbocycles. The number of ether oxygens (including phenoxy) is 3. The van der Waals surface area contributed by atoms with Gasteiger partial charge in [0.15, 0.2) is 5.16 Å². The third-order valence-electron chi connectivity index (χ3n) is 9.21. The maximum absolute atomic E-state index is 12.5. The summed E-state index contributed by atoms with van der Waals surface area (Å²) in [5.41, 5.74) is 3.78. The molecule has 16 nitrogen and oxygen atoms in total. The van der Waals surface area contributed by atoms with Gasteiger partial charge in [-0.25, -0.2) is 19.3 Å². The number of anilines is 2. The van der Waals surface area contributed by atoms with Crippen molar-refractivity contribution in [2.45, 2.75) is 70.4 Å². The Labute approximate surface area is 395 Å². The first kappa shape index (κ1) is 52.1. The van der Waals surface area contributed by atoms with Crippen molar-refractivity contribution in [2.75, 3.05) is 37.6 Å². The van der Waals surface area contributed by atoms with Crippen molar-refractivity contribution in [1.29, 1.82) is 0 Å². The Bertz CT molecular complexity index is 2730. The van der Waals surface area contributed by atoms with Gasteiger partial charge in [0.2, 0.25) is 5.95 Å². The van der Waals surface area contributed by atoms with E-state index < -0.39 is 23.5 Å². The molecule has 0 aliphatic heterocycles.